The van der Waals surface area contributed by atoms with Crippen LogP contribution < -0.4 is 0 Å². The smallest absolute Gasteiger partial charge is 0.101 e. The molecule has 0 bridgehead atoms. The maximum absolute atomic E-state index is 9.28. The third-order valence-electron chi connectivity index (χ3n) is 8.67. The lowest BCUT2D eigenvalue weighted by Crippen LogP contribution is -1.87. The van der Waals surface area contributed by atoms with Crippen molar-refractivity contribution >= 4 is 32.3 Å². The number of aromatic nitrogens is 2. The fourth-order valence-electron chi connectivity index (χ4n) is 6.34. The van der Waals surface area contributed by atoms with Crippen LogP contribution >= 0.6 is 0 Å². The van der Waals surface area contributed by atoms with Gasteiger partial charge in [-0.3, -0.25) is 9.97 Å². The third kappa shape index (κ3) is 4.72. The first-order chi connectivity index (χ1) is 22.7. The van der Waals surface area contributed by atoms with E-state index in [1.54, 1.807) is 24.8 Å². The summed E-state index contributed by atoms with van der Waals surface area (Å²) in [5, 5.41) is 25.9. The Morgan fingerprint density at radius 3 is 1.07 bits per heavy atom. The van der Waals surface area contributed by atoms with E-state index < -0.39 is 0 Å². The van der Waals surface area contributed by atoms with Crippen LogP contribution in [0, 0.1) is 22.7 Å². The molecule has 8 rings (SSSR count). The minimum atomic E-state index is 0.549. The fraction of sp³-hybridized carbons (Fsp3) is 0. The van der Waals surface area contributed by atoms with Crippen LogP contribution in [0.1, 0.15) is 11.1 Å². The highest BCUT2D eigenvalue weighted by molar-refractivity contribution is 6.26. The molecule has 46 heavy (non-hydrogen) atoms. The van der Waals surface area contributed by atoms with Crippen LogP contribution in [-0.4, -0.2) is 9.97 Å². The summed E-state index contributed by atoms with van der Waals surface area (Å²) < 4.78 is 0. The minimum Gasteiger partial charge on any atom is -0.263 e. The first kappa shape index (κ1) is 27.0. The summed E-state index contributed by atoms with van der Waals surface area (Å²) in [4.78, 5) is 8.44. The monoisotopic (exact) mass is 584 g/mol. The molecule has 212 valence electrons. The van der Waals surface area contributed by atoms with Crippen molar-refractivity contribution in [2.75, 3.05) is 0 Å². The lowest BCUT2D eigenvalue weighted by atomic mass is 9.90. The van der Waals surface area contributed by atoms with Crippen LogP contribution in [0.3, 0.4) is 0 Å². The summed E-state index contributed by atoms with van der Waals surface area (Å²) in [6, 6.07) is 47.1. The maximum Gasteiger partial charge on any atom is 0.101 e. The van der Waals surface area contributed by atoms with Gasteiger partial charge in [0.15, 0.2) is 0 Å². The van der Waals surface area contributed by atoms with Gasteiger partial charge < -0.3 is 0 Å². The Morgan fingerprint density at radius 2 is 0.674 bits per heavy atom. The molecule has 0 fully saturated rings. The first-order valence-corrected chi connectivity index (χ1v) is 15.0. The summed E-state index contributed by atoms with van der Waals surface area (Å²) >= 11 is 0. The van der Waals surface area contributed by atoms with Crippen LogP contribution in [0.25, 0.3) is 76.8 Å². The summed E-state index contributed by atoms with van der Waals surface area (Å²) in [6.45, 7) is 0. The molecule has 0 saturated heterocycles. The molecule has 0 aliphatic rings. The van der Waals surface area contributed by atoms with Gasteiger partial charge in [0, 0.05) is 35.9 Å². The molecule has 0 aliphatic carbocycles. The third-order valence-corrected chi connectivity index (χ3v) is 8.67. The first-order valence-electron chi connectivity index (χ1n) is 15.0. The number of rotatable bonds is 4. The zero-order valence-corrected chi connectivity index (χ0v) is 24.6. The highest BCUT2D eigenvalue weighted by Gasteiger charge is 2.12. The van der Waals surface area contributed by atoms with Gasteiger partial charge in [0.25, 0.3) is 0 Å². The molecular formula is C42H24N4. The van der Waals surface area contributed by atoms with Gasteiger partial charge in [0.05, 0.1) is 11.1 Å². The topological polar surface area (TPSA) is 73.4 Å². The Hall–Kier alpha value is -6.62. The number of nitriles is 2. The molecule has 0 radical (unpaired) electrons. The Balaban J connectivity index is 1.24. The quantitative estimate of drug-likeness (QED) is 0.193. The highest BCUT2D eigenvalue weighted by Crippen LogP contribution is 2.39. The van der Waals surface area contributed by atoms with E-state index in [1.165, 1.54) is 32.3 Å². The van der Waals surface area contributed by atoms with E-state index in [9.17, 15) is 10.5 Å². The fourth-order valence-corrected chi connectivity index (χ4v) is 6.34. The van der Waals surface area contributed by atoms with Gasteiger partial charge in [0.2, 0.25) is 0 Å². The standard InChI is InChI=1S/C42H24N4/c43-21-27-17-35(25-45-23-27)31-9-5-29(6-10-31)33-13-15-39-37-3-1-2-4-38(37)40-16-14-34(20-42(40)41(39)19-33)30-7-11-32(12-8-30)36-18-28(22-44)24-46-26-36/h1-20,23-26H. The zero-order chi connectivity index (χ0) is 31.0. The van der Waals surface area contributed by atoms with Crippen LogP contribution in [-0.2, 0) is 0 Å². The number of fused-ring (bicyclic) bond motifs is 6. The van der Waals surface area contributed by atoms with E-state index in [0.717, 1.165) is 44.5 Å². The molecule has 0 spiro atoms. The number of benzene rings is 6. The van der Waals surface area contributed by atoms with Gasteiger partial charge in [-0.25, -0.2) is 0 Å². The van der Waals surface area contributed by atoms with E-state index >= 15 is 0 Å². The van der Waals surface area contributed by atoms with Gasteiger partial charge >= 0.3 is 0 Å². The molecule has 0 aliphatic heterocycles. The van der Waals surface area contributed by atoms with Crippen LogP contribution in [0.5, 0.6) is 0 Å². The number of hydrogen-bond acceptors (Lipinski definition) is 4. The predicted molar refractivity (Wildman–Crippen MR) is 186 cm³/mol. The van der Waals surface area contributed by atoms with Gasteiger partial charge in [-0.05, 0) is 90.0 Å². The van der Waals surface area contributed by atoms with Crippen molar-refractivity contribution in [1.82, 2.24) is 9.97 Å². The van der Waals surface area contributed by atoms with E-state index in [0.29, 0.717) is 11.1 Å². The summed E-state index contributed by atoms with van der Waals surface area (Å²) in [5.74, 6) is 0. The van der Waals surface area contributed by atoms with Gasteiger partial charge in [-0.15, -0.1) is 0 Å². The number of pyridine rings is 2. The molecule has 0 N–H and O–H groups in total. The van der Waals surface area contributed by atoms with Crippen molar-refractivity contribution in [3.63, 3.8) is 0 Å². The van der Waals surface area contributed by atoms with E-state index in [-0.39, 0.29) is 0 Å². The Morgan fingerprint density at radius 1 is 0.326 bits per heavy atom. The van der Waals surface area contributed by atoms with Crippen LogP contribution in [0.2, 0.25) is 0 Å². The molecule has 0 amide bonds. The molecule has 2 heterocycles. The molecule has 0 atom stereocenters. The van der Waals surface area contributed by atoms with Gasteiger partial charge in [0.1, 0.15) is 12.1 Å². The van der Waals surface area contributed by atoms with Crippen molar-refractivity contribution in [2.24, 2.45) is 0 Å². The lowest BCUT2D eigenvalue weighted by Gasteiger charge is -2.14. The second-order valence-electron chi connectivity index (χ2n) is 11.4. The van der Waals surface area contributed by atoms with Crippen LogP contribution in [0.4, 0.5) is 0 Å². The Kier molecular flexibility index (Phi) is 6.53. The van der Waals surface area contributed by atoms with E-state index in [2.05, 4.69) is 131 Å². The van der Waals surface area contributed by atoms with Crippen molar-refractivity contribution in [3.8, 4) is 56.6 Å². The second kappa shape index (κ2) is 11.1. The van der Waals surface area contributed by atoms with Crippen LogP contribution in [0.15, 0.2) is 146 Å². The maximum atomic E-state index is 9.28. The summed E-state index contributed by atoms with van der Waals surface area (Å²) in [5.41, 5.74) is 9.53. The predicted octanol–water partition coefficient (Wildman–Crippen LogP) is 10.3. The second-order valence-corrected chi connectivity index (χ2v) is 11.4. The number of nitrogens with zero attached hydrogens (tertiary/aromatic N) is 4. The Labute approximate surface area is 266 Å². The minimum absolute atomic E-state index is 0.549. The highest BCUT2D eigenvalue weighted by atomic mass is 14.6. The van der Waals surface area contributed by atoms with Crippen molar-refractivity contribution < 1.29 is 0 Å². The summed E-state index contributed by atoms with van der Waals surface area (Å²) in [7, 11) is 0. The SMILES string of the molecule is N#Cc1cncc(-c2ccc(-c3ccc4c5ccccc5c5ccc(-c6ccc(-c7cncc(C#N)c7)cc6)cc5c4c3)cc2)c1. The largest absolute Gasteiger partial charge is 0.263 e. The molecule has 0 unspecified atom stereocenters. The Bertz CT molecular complexity index is 2350. The van der Waals surface area contributed by atoms with Crippen molar-refractivity contribution in [3.05, 3.63) is 157 Å². The molecule has 6 aromatic carbocycles. The molecule has 2 aromatic heterocycles. The van der Waals surface area contributed by atoms with Gasteiger partial charge in [-0.2, -0.15) is 10.5 Å². The van der Waals surface area contributed by atoms with Crippen molar-refractivity contribution in [1.29, 1.82) is 10.5 Å². The van der Waals surface area contributed by atoms with Crippen molar-refractivity contribution in [2.45, 2.75) is 0 Å². The molecule has 4 heteroatoms. The van der Waals surface area contributed by atoms with E-state index in [4.69, 9.17) is 0 Å². The van der Waals surface area contributed by atoms with E-state index in [1.807, 2.05) is 12.1 Å². The molecular weight excluding hydrogens is 560 g/mol. The molecule has 8 aromatic rings. The zero-order valence-electron chi connectivity index (χ0n) is 24.6. The number of hydrogen-bond donors (Lipinski definition) is 0. The average molecular weight is 585 g/mol. The normalized spacial score (nSPS) is 11.0. The summed E-state index contributed by atoms with van der Waals surface area (Å²) in [6.07, 6.45) is 6.74. The van der Waals surface area contributed by atoms with Gasteiger partial charge in [-0.1, -0.05) is 97.1 Å². The molecule has 0 saturated carbocycles. The lowest BCUT2D eigenvalue weighted by molar-refractivity contribution is 1.30. The molecule has 4 nitrogen and oxygen atoms in total. The average Bonchev–Trinajstić information content (AvgIpc) is 3.14.